The third kappa shape index (κ3) is 5.99. The summed E-state index contributed by atoms with van der Waals surface area (Å²) in [7, 11) is 3.31. The smallest absolute Gasteiger partial charge is 0.244 e. The van der Waals surface area contributed by atoms with Crippen LogP contribution in [0.15, 0.2) is 57.5 Å². The molecule has 1 atom stereocenters. The van der Waals surface area contributed by atoms with E-state index in [0.29, 0.717) is 35.8 Å². The van der Waals surface area contributed by atoms with Crippen LogP contribution in [-0.2, 0) is 27.3 Å². The van der Waals surface area contributed by atoms with Crippen molar-refractivity contribution in [2.75, 3.05) is 20.7 Å². The fourth-order valence-corrected chi connectivity index (χ4v) is 4.66. The summed E-state index contributed by atoms with van der Waals surface area (Å²) in [6, 6.07) is 11.1. The monoisotopic (exact) mass is 497 g/mol. The second-order valence-electron chi connectivity index (χ2n) is 8.16. The van der Waals surface area contributed by atoms with Crippen LogP contribution in [0.2, 0.25) is 0 Å². The number of carbonyl (C=O) groups is 3. The van der Waals surface area contributed by atoms with Gasteiger partial charge in [-0.25, -0.2) is 0 Å². The largest absolute Gasteiger partial charge is 0.497 e. The summed E-state index contributed by atoms with van der Waals surface area (Å²) in [6.07, 6.45) is 2.31. The molecule has 0 bridgehead atoms. The molecule has 1 unspecified atom stereocenters. The standard InChI is InChI=1S/C24H27N5O5S/c1-28-9-8-16(11-22(28)31)23(32)27-26-21(30)13-18-15-35-24(25-14-20-7-4-10-34-20)29(18)17-5-3-6-19(12-17)33-2/h3-7,10,12,15-16H,8-9,11,13-14H2,1-2H3,(H,26,30)(H,27,32). The SMILES string of the molecule is COc1cccc(-n2c(CC(=O)NNC(=O)C3CCN(C)C(=O)C3)csc2=NCc2ccco2)c1. The Morgan fingerprint density at radius 3 is 2.86 bits per heavy atom. The lowest BCUT2D eigenvalue weighted by atomic mass is 9.96. The average Bonchev–Trinajstić information content (AvgIpc) is 3.53. The lowest BCUT2D eigenvalue weighted by Gasteiger charge is -2.27. The first-order chi connectivity index (χ1) is 16.9. The van der Waals surface area contributed by atoms with Crippen LogP contribution in [0.3, 0.4) is 0 Å². The fraction of sp³-hybridized carbons (Fsp3) is 0.333. The number of methoxy groups -OCH3 is 1. The molecule has 3 heterocycles. The number of hydrazine groups is 1. The Hall–Kier alpha value is -3.86. The minimum absolute atomic E-state index is 0.0105. The molecule has 1 aliphatic rings. The number of piperidine rings is 1. The van der Waals surface area contributed by atoms with Crippen molar-refractivity contribution in [2.24, 2.45) is 10.9 Å². The third-order valence-corrected chi connectivity index (χ3v) is 6.65. The summed E-state index contributed by atoms with van der Waals surface area (Å²) in [5.41, 5.74) is 6.43. The molecule has 0 radical (unpaired) electrons. The first-order valence-electron chi connectivity index (χ1n) is 11.1. The number of thiazole rings is 1. The zero-order valence-corrected chi connectivity index (χ0v) is 20.3. The van der Waals surface area contributed by atoms with Crippen LogP contribution < -0.4 is 20.4 Å². The maximum Gasteiger partial charge on any atom is 0.244 e. The van der Waals surface area contributed by atoms with E-state index in [4.69, 9.17) is 9.15 Å². The van der Waals surface area contributed by atoms with Crippen molar-refractivity contribution in [3.8, 4) is 11.4 Å². The van der Waals surface area contributed by atoms with Crippen molar-refractivity contribution < 1.29 is 23.5 Å². The van der Waals surface area contributed by atoms with E-state index in [1.54, 1.807) is 31.4 Å². The van der Waals surface area contributed by atoms with Crippen LogP contribution in [0.4, 0.5) is 0 Å². The molecular formula is C24H27N5O5S. The molecule has 3 aromatic rings. The second-order valence-corrected chi connectivity index (χ2v) is 9.00. The number of carbonyl (C=O) groups excluding carboxylic acids is 3. The quantitative estimate of drug-likeness (QED) is 0.483. The second kappa shape index (κ2) is 11.0. The highest BCUT2D eigenvalue weighted by atomic mass is 32.1. The molecule has 184 valence electrons. The predicted octanol–water partition coefficient (Wildman–Crippen LogP) is 1.80. The number of hydrogen-bond donors (Lipinski definition) is 2. The molecule has 35 heavy (non-hydrogen) atoms. The zero-order valence-electron chi connectivity index (χ0n) is 19.5. The van der Waals surface area contributed by atoms with Crippen LogP contribution in [0, 0.1) is 5.92 Å². The Morgan fingerprint density at radius 2 is 2.11 bits per heavy atom. The molecule has 1 aliphatic heterocycles. The summed E-state index contributed by atoms with van der Waals surface area (Å²) in [5.74, 6) is 0.128. The Balaban J connectivity index is 1.49. The van der Waals surface area contributed by atoms with Gasteiger partial charge in [0.25, 0.3) is 0 Å². The van der Waals surface area contributed by atoms with E-state index in [2.05, 4.69) is 15.8 Å². The summed E-state index contributed by atoms with van der Waals surface area (Å²) < 4.78 is 12.6. The molecule has 3 amide bonds. The normalized spacial score (nSPS) is 16.3. The van der Waals surface area contributed by atoms with Crippen LogP contribution in [-0.4, -0.2) is 47.9 Å². The number of likely N-dealkylation sites (tertiary alicyclic amines) is 1. The van der Waals surface area contributed by atoms with E-state index in [1.807, 2.05) is 40.3 Å². The average molecular weight is 498 g/mol. The number of aromatic nitrogens is 1. The summed E-state index contributed by atoms with van der Waals surface area (Å²) in [5, 5.41) is 1.86. The lowest BCUT2D eigenvalue weighted by Crippen LogP contribution is -2.48. The van der Waals surface area contributed by atoms with Crippen LogP contribution in [0.25, 0.3) is 5.69 Å². The lowest BCUT2D eigenvalue weighted by molar-refractivity contribution is -0.140. The molecule has 10 nitrogen and oxygen atoms in total. The molecule has 2 N–H and O–H groups in total. The van der Waals surface area contributed by atoms with Crippen molar-refractivity contribution in [2.45, 2.75) is 25.8 Å². The molecule has 0 aliphatic carbocycles. The first-order valence-corrected chi connectivity index (χ1v) is 12.0. The Kier molecular flexibility index (Phi) is 7.66. The zero-order chi connectivity index (χ0) is 24.8. The third-order valence-electron chi connectivity index (χ3n) is 5.74. The minimum atomic E-state index is -0.450. The van der Waals surface area contributed by atoms with E-state index in [1.165, 1.54) is 11.3 Å². The summed E-state index contributed by atoms with van der Waals surface area (Å²) in [6.45, 7) is 0.874. The van der Waals surface area contributed by atoms with Gasteiger partial charge in [0.2, 0.25) is 17.7 Å². The van der Waals surface area contributed by atoms with Gasteiger partial charge < -0.3 is 14.1 Å². The molecule has 4 rings (SSSR count). The predicted molar refractivity (Wildman–Crippen MR) is 129 cm³/mol. The number of benzene rings is 1. The van der Waals surface area contributed by atoms with Crippen molar-refractivity contribution in [3.05, 3.63) is 64.3 Å². The highest BCUT2D eigenvalue weighted by molar-refractivity contribution is 7.07. The van der Waals surface area contributed by atoms with Gasteiger partial charge in [-0.3, -0.25) is 34.8 Å². The van der Waals surface area contributed by atoms with E-state index >= 15 is 0 Å². The van der Waals surface area contributed by atoms with E-state index in [-0.39, 0.29) is 30.6 Å². The highest BCUT2D eigenvalue weighted by Crippen LogP contribution is 2.19. The number of amides is 3. The van der Waals surface area contributed by atoms with Gasteiger partial charge in [0.15, 0.2) is 4.80 Å². The van der Waals surface area contributed by atoms with Gasteiger partial charge in [-0.2, -0.15) is 0 Å². The van der Waals surface area contributed by atoms with Crippen LogP contribution >= 0.6 is 11.3 Å². The van der Waals surface area contributed by atoms with Gasteiger partial charge in [0.1, 0.15) is 18.1 Å². The molecular weight excluding hydrogens is 470 g/mol. The van der Waals surface area contributed by atoms with Crippen LogP contribution in [0.1, 0.15) is 24.3 Å². The van der Waals surface area contributed by atoms with Gasteiger partial charge in [-0.1, -0.05) is 6.07 Å². The Morgan fingerprint density at radius 1 is 1.26 bits per heavy atom. The van der Waals surface area contributed by atoms with Crippen molar-refractivity contribution in [1.82, 2.24) is 20.3 Å². The van der Waals surface area contributed by atoms with Gasteiger partial charge in [-0.05, 0) is 30.7 Å². The minimum Gasteiger partial charge on any atom is -0.497 e. The number of rotatable bonds is 7. The molecule has 1 fully saturated rings. The number of furan rings is 1. The molecule has 0 saturated carbocycles. The Labute approximate surface area is 206 Å². The number of ether oxygens (including phenoxy) is 1. The molecule has 0 spiro atoms. The van der Waals surface area contributed by atoms with E-state index < -0.39 is 5.92 Å². The molecule has 1 saturated heterocycles. The summed E-state index contributed by atoms with van der Waals surface area (Å²) >= 11 is 1.40. The highest BCUT2D eigenvalue weighted by Gasteiger charge is 2.28. The van der Waals surface area contributed by atoms with E-state index in [0.717, 1.165) is 11.4 Å². The van der Waals surface area contributed by atoms with Gasteiger partial charge >= 0.3 is 0 Å². The van der Waals surface area contributed by atoms with Crippen molar-refractivity contribution in [3.63, 3.8) is 0 Å². The molecule has 11 heteroatoms. The first kappa shape index (κ1) is 24.3. The van der Waals surface area contributed by atoms with Gasteiger partial charge in [0.05, 0.1) is 31.4 Å². The fourth-order valence-electron chi connectivity index (χ4n) is 3.76. The van der Waals surface area contributed by atoms with Gasteiger partial charge in [0, 0.05) is 37.2 Å². The maximum atomic E-state index is 12.7. The van der Waals surface area contributed by atoms with Crippen molar-refractivity contribution in [1.29, 1.82) is 0 Å². The van der Waals surface area contributed by atoms with Gasteiger partial charge in [-0.15, -0.1) is 11.3 Å². The molecule has 2 aromatic heterocycles. The molecule has 1 aromatic carbocycles. The number of nitrogens with zero attached hydrogens (tertiary/aromatic N) is 3. The topological polar surface area (TPSA) is 118 Å². The number of nitrogens with one attached hydrogen (secondary N) is 2. The summed E-state index contributed by atoms with van der Waals surface area (Å²) in [4.78, 5) is 44.0. The number of hydrogen-bond acceptors (Lipinski definition) is 7. The van der Waals surface area contributed by atoms with Crippen molar-refractivity contribution >= 4 is 29.1 Å². The Bertz CT molecular complexity index is 1260. The maximum absolute atomic E-state index is 12.7. The van der Waals surface area contributed by atoms with Crippen LogP contribution in [0.5, 0.6) is 5.75 Å². The van der Waals surface area contributed by atoms with E-state index in [9.17, 15) is 14.4 Å².